The average Bonchev–Trinajstić information content (AvgIpc) is 2.25. The minimum Gasteiger partial charge on any atom is -0.378 e. The summed E-state index contributed by atoms with van der Waals surface area (Å²) in [6.07, 6.45) is 3.99. The van der Waals surface area contributed by atoms with Gasteiger partial charge in [0, 0.05) is 12.6 Å². The van der Waals surface area contributed by atoms with Gasteiger partial charge in [0.15, 0.2) is 0 Å². The molecule has 2 heteroatoms. The second-order valence-electron chi connectivity index (χ2n) is 6.30. The zero-order chi connectivity index (χ0) is 12.2. The minimum absolute atomic E-state index is 0.405. The Hall–Kier alpha value is -0.0800. The average molecular weight is 227 g/mol. The normalized spacial score (nSPS) is 29.1. The molecule has 0 spiro atoms. The minimum atomic E-state index is 0.405. The molecule has 1 saturated heterocycles. The van der Waals surface area contributed by atoms with Gasteiger partial charge in [0.05, 0.1) is 6.10 Å². The summed E-state index contributed by atoms with van der Waals surface area (Å²) in [5, 5.41) is 3.71. The van der Waals surface area contributed by atoms with Gasteiger partial charge in [0.1, 0.15) is 0 Å². The van der Waals surface area contributed by atoms with Crippen LogP contribution >= 0.6 is 0 Å². The predicted octanol–water partition coefficient (Wildman–Crippen LogP) is 3.22. The number of ether oxygens (including phenoxy) is 1. The first-order valence-corrected chi connectivity index (χ1v) is 6.78. The van der Waals surface area contributed by atoms with Crippen LogP contribution in [0.3, 0.4) is 0 Å². The van der Waals surface area contributed by atoms with E-state index in [2.05, 4.69) is 39.9 Å². The Morgan fingerprint density at radius 2 is 2.06 bits per heavy atom. The van der Waals surface area contributed by atoms with Crippen LogP contribution in [0.15, 0.2) is 0 Å². The van der Waals surface area contributed by atoms with E-state index in [1.54, 1.807) is 0 Å². The molecule has 0 aromatic rings. The highest BCUT2D eigenvalue weighted by molar-refractivity contribution is 4.79. The first-order chi connectivity index (χ1) is 7.43. The number of hydrogen-bond acceptors (Lipinski definition) is 2. The van der Waals surface area contributed by atoms with Crippen molar-refractivity contribution in [3.63, 3.8) is 0 Å². The van der Waals surface area contributed by atoms with Crippen LogP contribution in [0.1, 0.15) is 53.9 Å². The molecule has 0 aromatic carbocycles. The molecular formula is C14H29NO. The summed E-state index contributed by atoms with van der Waals surface area (Å²) in [4.78, 5) is 0. The fraction of sp³-hybridized carbons (Fsp3) is 1.00. The van der Waals surface area contributed by atoms with Crippen LogP contribution in [0.4, 0.5) is 0 Å². The van der Waals surface area contributed by atoms with E-state index in [1.165, 1.54) is 12.8 Å². The van der Waals surface area contributed by atoms with E-state index in [9.17, 15) is 0 Å². The quantitative estimate of drug-likeness (QED) is 0.796. The SMILES string of the molecule is CCC1CC(NCC(C)C(C)(C)C)CCO1. The Kier molecular flexibility index (Phi) is 5.26. The van der Waals surface area contributed by atoms with Gasteiger partial charge in [-0.25, -0.2) is 0 Å². The molecule has 1 heterocycles. The maximum atomic E-state index is 5.69. The van der Waals surface area contributed by atoms with E-state index >= 15 is 0 Å². The second-order valence-corrected chi connectivity index (χ2v) is 6.30. The summed E-state index contributed by atoms with van der Waals surface area (Å²) in [7, 11) is 0. The standard InChI is InChI=1S/C14H29NO/c1-6-13-9-12(7-8-16-13)15-10-11(2)14(3,4)5/h11-13,15H,6-10H2,1-5H3. The molecule has 1 rings (SSSR count). The molecule has 0 radical (unpaired) electrons. The number of rotatable bonds is 4. The third kappa shape index (κ3) is 4.42. The van der Waals surface area contributed by atoms with Gasteiger partial charge < -0.3 is 10.1 Å². The van der Waals surface area contributed by atoms with Gasteiger partial charge in [-0.3, -0.25) is 0 Å². The van der Waals surface area contributed by atoms with Crippen molar-refractivity contribution in [2.75, 3.05) is 13.2 Å². The van der Waals surface area contributed by atoms with Crippen molar-refractivity contribution in [3.05, 3.63) is 0 Å². The summed E-state index contributed by atoms with van der Waals surface area (Å²) < 4.78 is 5.69. The molecule has 2 nitrogen and oxygen atoms in total. The maximum Gasteiger partial charge on any atom is 0.0587 e. The predicted molar refractivity (Wildman–Crippen MR) is 69.7 cm³/mol. The van der Waals surface area contributed by atoms with Gasteiger partial charge in [-0.1, -0.05) is 34.6 Å². The lowest BCUT2D eigenvalue weighted by Crippen LogP contribution is -2.42. The molecule has 1 aliphatic rings. The smallest absolute Gasteiger partial charge is 0.0587 e. The molecule has 0 aromatic heterocycles. The first-order valence-electron chi connectivity index (χ1n) is 6.78. The molecule has 0 bridgehead atoms. The molecule has 0 amide bonds. The van der Waals surface area contributed by atoms with Crippen LogP contribution in [0, 0.1) is 11.3 Å². The van der Waals surface area contributed by atoms with E-state index in [0.717, 1.165) is 25.5 Å². The zero-order valence-corrected chi connectivity index (χ0v) is 11.7. The zero-order valence-electron chi connectivity index (χ0n) is 11.7. The van der Waals surface area contributed by atoms with Gasteiger partial charge in [0.25, 0.3) is 0 Å². The van der Waals surface area contributed by atoms with Crippen LogP contribution in [-0.2, 0) is 4.74 Å². The summed E-state index contributed by atoms with van der Waals surface area (Å²) in [6, 6.07) is 0.670. The van der Waals surface area contributed by atoms with Gasteiger partial charge in [0.2, 0.25) is 0 Å². The number of hydrogen-bond donors (Lipinski definition) is 1. The highest BCUT2D eigenvalue weighted by atomic mass is 16.5. The van der Waals surface area contributed by atoms with Crippen LogP contribution in [0.25, 0.3) is 0 Å². The van der Waals surface area contributed by atoms with Gasteiger partial charge in [-0.05, 0) is 37.1 Å². The summed E-state index contributed by atoms with van der Waals surface area (Å²) in [5.74, 6) is 0.718. The van der Waals surface area contributed by atoms with Crippen LogP contribution in [0.2, 0.25) is 0 Å². The first kappa shape index (κ1) is 14.0. The highest BCUT2D eigenvalue weighted by Gasteiger charge is 2.24. The number of nitrogens with one attached hydrogen (secondary N) is 1. The van der Waals surface area contributed by atoms with Crippen molar-refractivity contribution >= 4 is 0 Å². The van der Waals surface area contributed by atoms with Crippen molar-refractivity contribution < 1.29 is 4.74 Å². The topological polar surface area (TPSA) is 21.3 Å². The Morgan fingerprint density at radius 1 is 1.38 bits per heavy atom. The molecule has 3 atom stereocenters. The molecule has 0 aliphatic carbocycles. The third-order valence-electron chi connectivity index (χ3n) is 4.01. The van der Waals surface area contributed by atoms with Gasteiger partial charge in [-0.15, -0.1) is 0 Å². The molecular weight excluding hydrogens is 198 g/mol. The molecule has 1 N–H and O–H groups in total. The van der Waals surface area contributed by atoms with Crippen molar-refractivity contribution in [1.82, 2.24) is 5.32 Å². The van der Waals surface area contributed by atoms with E-state index in [4.69, 9.17) is 4.74 Å². The van der Waals surface area contributed by atoms with Gasteiger partial charge >= 0.3 is 0 Å². The maximum absolute atomic E-state index is 5.69. The highest BCUT2D eigenvalue weighted by Crippen LogP contribution is 2.25. The monoisotopic (exact) mass is 227 g/mol. The van der Waals surface area contributed by atoms with E-state index in [0.29, 0.717) is 17.6 Å². The second kappa shape index (κ2) is 6.02. The molecule has 0 saturated carbocycles. The summed E-state index contributed by atoms with van der Waals surface area (Å²) >= 11 is 0. The Bertz CT molecular complexity index is 197. The Balaban J connectivity index is 2.27. The largest absolute Gasteiger partial charge is 0.378 e. The molecule has 96 valence electrons. The molecule has 16 heavy (non-hydrogen) atoms. The lowest BCUT2D eigenvalue weighted by Gasteiger charge is -2.33. The third-order valence-corrected chi connectivity index (χ3v) is 4.01. The van der Waals surface area contributed by atoms with Crippen molar-refractivity contribution in [3.8, 4) is 0 Å². The van der Waals surface area contributed by atoms with Crippen LogP contribution in [-0.4, -0.2) is 25.3 Å². The summed E-state index contributed by atoms with van der Waals surface area (Å²) in [5.41, 5.74) is 0.405. The van der Waals surface area contributed by atoms with E-state index in [-0.39, 0.29) is 0 Å². The van der Waals surface area contributed by atoms with Gasteiger partial charge in [-0.2, -0.15) is 0 Å². The lowest BCUT2D eigenvalue weighted by molar-refractivity contribution is -0.00123. The molecule has 1 aliphatic heterocycles. The molecule has 1 fully saturated rings. The molecule has 3 unspecified atom stereocenters. The fourth-order valence-electron chi connectivity index (χ4n) is 2.00. The fourth-order valence-corrected chi connectivity index (χ4v) is 2.00. The Labute approximate surface area is 101 Å². The van der Waals surface area contributed by atoms with E-state index in [1.807, 2.05) is 0 Å². The lowest BCUT2D eigenvalue weighted by atomic mass is 9.82. The van der Waals surface area contributed by atoms with Crippen LogP contribution < -0.4 is 5.32 Å². The van der Waals surface area contributed by atoms with Crippen molar-refractivity contribution in [2.45, 2.75) is 66.0 Å². The summed E-state index contributed by atoms with van der Waals surface area (Å²) in [6.45, 7) is 13.6. The Morgan fingerprint density at radius 3 is 2.62 bits per heavy atom. The van der Waals surface area contributed by atoms with E-state index < -0.39 is 0 Å². The van der Waals surface area contributed by atoms with Crippen LogP contribution in [0.5, 0.6) is 0 Å². The van der Waals surface area contributed by atoms with Crippen molar-refractivity contribution in [2.24, 2.45) is 11.3 Å². The van der Waals surface area contributed by atoms with Crippen molar-refractivity contribution in [1.29, 1.82) is 0 Å².